The van der Waals surface area contributed by atoms with Gasteiger partial charge in [-0.2, -0.15) is 13.2 Å². The molecule has 41 heavy (non-hydrogen) atoms. The van der Waals surface area contributed by atoms with E-state index in [1.165, 1.54) is 25.4 Å². The predicted molar refractivity (Wildman–Crippen MR) is 148 cm³/mol. The molecule has 0 unspecified atom stereocenters. The fourth-order valence-electron chi connectivity index (χ4n) is 4.20. The first-order chi connectivity index (χ1) is 19.6. The van der Waals surface area contributed by atoms with Crippen LogP contribution in [0.3, 0.4) is 0 Å². The summed E-state index contributed by atoms with van der Waals surface area (Å²) in [6.07, 6.45) is 0.218. The van der Waals surface area contributed by atoms with Gasteiger partial charge >= 0.3 is 6.18 Å². The maximum Gasteiger partial charge on any atom is 0.422 e. The van der Waals surface area contributed by atoms with Gasteiger partial charge in [-0.3, -0.25) is 14.8 Å². The molecule has 0 aliphatic rings. The molecule has 2 aromatic carbocycles. The van der Waals surface area contributed by atoms with Crippen LogP contribution in [-0.2, 0) is 7.05 Å². The number of imidazole rings is 1. The van der Waals surface area contributed by atoms with Crippen molar-refractivity contribution in [1.29, 1.82) is 0 Å². The summed E-state index contributed by atoms with van der Waals surface area (Å²) in [6.45, 7) is 0.439. The molecular weight excluding hydrogens is 537 g/mol. The number of aryl methyl sites for hydroxylation is 2. The van der Waals surface area contributed by atoms with E-state index in [0.717, 1.165) is 11.1 Å². The third-order valence-electron chi connectivity index (χ3n) is 6.24. The smallest absolute Gasteiger partial charge is 0.422 e. The van der Waals surface area contributed by atoms with Crippen LogP contribution < -0.4 is 20.1 Å². The van der Waals surface area contributed by atoms with E-state index in [-0.39, 0.29) is 17.4 Å². The molecule has 9 nitrogen and oxygen atoms in total. The second kappa shape index (κ2) is 11.2. The number of nitrogens with one attached hydrogen (secondary N) is 2. The number of benzene rings is 2. The molecule has 0 atom stereocenters. The van der Waals surface area contributed by atoms with Gasteiger partial charge in [-0.15, -0.1) is 0 Å². The predicted octanol–water partition coefficient (Wildman–Crippen LogP) is 6.18. The van der Waals surface area contributed by atoms with Crippen molar-refractivity contribution in [2.45, 2.75) is 13.1 Å². The van der Waals surface area contributed by atoms with Crippen molar-refractivity contribution in [3.8, 4) is 28.4 Å². The number of aromatic nitrogens is 4. The largest absolute Gasteiger partial charge is 0.483 e. The van der Waals surface area contributed by atoms with Crippen LogP contribution in [0, 0.1) is 6.92 Å². The van der Waals surface area contributed by atoms with Gasteiger partial charge in [0.2, 0.25) is 5.95 Å². The number of carbonyl (C=O) groups is 1. The molecule has 12 heteroatoms. The van der Waals surface area contributed by atoms with Gasteiger partial charge in [0.25, 0.3) is 5.91 Å². The highest BCUT2D eigenvalue weighted by atomic mass is 19.4. The van der Waals surface area contributed by atoms with E-state index >= 15 is 0 Å². The zero-order chi connectivity index (χ0) is 29.1. The van der Waals surface area contributed by atoms with Crippen LogP contribution in [-0.4, -0.2) is 45.3 Å². The Balaban J connectivity index is 1.43. The lowest BCUT2D eigenvalue weighted by Crippen LogP contribution is -2.19. The van der Waals surface area contributed by atoms with Crippen molar-refractivity contribution >= 4 is 28.6 Å². The van der Waals surface area contributed by atoms with Gasteiger partial charge in [0.05, 0.1) is 11.0 Å². The highest BCUT2D eigenvalue weighted by molar-refractivity contribution is 5.92. The summed E-state index contributed by atoms with van der Waals surface area (Å²) in [5.74, 6) is 1.22. The van der Waals surface area contributed by atoms with Crippen LogP contribution in [0.25, 0.3) is 22.2 Å². The van der Waals surface area contributed by atoms with Gasteiger partial charge in [-0.1, -0.05) is 0 Å². The van der Waals surface area contributed by atoms with E-state index in [0.29, 0.717) is 39.8 Å². The molecule has 0 fully saturated rings. The van der Waals surface area contributed by atoms with Crippen LogP contribution in [0.2, 0.25) is 0 Å². The maximum absolute atomic E-state index is 12.9. The lowest BCUT2D eigenvalue weighted by molar-refractivity contribution is -0.153. The topological polar surface area (TPSA) is 103 Å². The highest BCUT2D eigenvalue weighted by Crippen LogP contribution is 2.36. The molecule has 0 aliphatic heterocycles. The van der Waals surface area contributed by atoms with Crippen molar-refractivity contribution in [3.63, 3.8) is 0 Å². The van der Waals surface area contributed by atoms with Crippen molar-refractivity contribution in [1.82, 2.24) is 24.8 Å². The number of pyridine rings is 2. The summed E-state index contributed by atoms with van der Waals surface area (Å²) in [4.78, 5) is 24.7. The first kappa shape index (κ1) is 27.4. The Morgan fingerprint density at radius 2 is 1.80 bits per heavy atom. The molecule has 0 bridgehead atoms. The van der Waals surface area contributed by atoms with E-state index in [9.17, 15) is 18.0 Å². The summed E-state index contributed by atoms with van der Waals surface area (Å²) in [6, 6.07) is 15.2. The fraction of sp³-hybridized carbons (Fsp3) is 0.172. The number of carbonyl (C=O) groups excluding carboxylic acids is 1. The number of halogens is 3. The van der Waals surface area contributed by atoms with E-state index < -0.39 is 12.8 Å². The number of hydrogen-bond acceptors (Lipinski definition) is 7. The summed E-state index contributed by atoms with van der Waals surface area (Å²) in [5.41, 5.74) is 4.22. The molecular formula is C29H25F3N6O3. The van der Waals surface area contributed by atoms with Gasteiger partial charge < -0.3 is 24.7 Å². The Labute approximate surface area is 233 Å². The monoisotopic (exact) mass is 562 g/mol. The third-order valence-corrected chi connectivity index (χ3v) is 6.24. The minimum absolute atomic E-state index is 0.0893. The summed E-state index contributed by atoms with van der Waals surface area (Å²) in [5, 5.41) is 5.77. The molecule has 2 N–H and O–H groups in total. The third kappa shape index (κ3) is 6.21. The fourth-order valence-corrected chi connectivity index (χ4v) is 4.20. The van der Waals surface area contributed by atoms with Crippen molar-refractivity contribution in [2.75, 3.05) is 19.0 Å². The van der Waals surface area contributed by atoms with Crippen molar-refractivity contribution < 1.29 is 27.4 Å². The Morgan fingerprint density at radius 3 is 2.56 bits per heavy atom. The molecule has 5 aromatic rings. The van der Waals surface area contributed by atoms with Gasteiger partial charge in [0.15, 0.2) is 6.61 Å². The number of hydrogen-bond donors (Lipinski definition) is 2. The highest BCUT2D eigenvalue weighted by Gasteiger charge is 2.29. The van der Waals surface area contributed by atoms with E-state index in [4.69, 9.17) is 9.47 Å². The first-order valence-electron chi connectivity index (χ1n) is 12.5. The van der Waals surface area contributed by atoms with Gasteiger partial charge in [0, 0.05) is 61.6 Å². The van der Waals surface area contributed by atoms with Gasteiger partial charge in [0.1, 0.15) is 22.9 Å². The molecule has 3 aromatic heterocycles. The summed E-state index contributed by atoms with van der Waals surface area (Å²) in [7, 11) is 3.36. The minimum atomic E-state index is -4.47. The molecule has 0 saturated carbocycles. The van der Waals surface area contributed by atoms with E-state index in [1.807, 2.05) is 24.6 Å². The number of nitrogens with zero attached hydrogens (tertiary/aromatic N) is 4. The van der Waals surface area contributed by atoms with Crippen LogP contribution >= 0.6 is 0 Å². The van der Waals surface area contributed by atoms with Crippen molar-refractivity contribution in [3.05, 3.63) is 84.4 Å². The Hall–Kier alpha value is -5.13. The lowest BCUT2D eigenvalue weighted by Gasteiger charge is -2.16. The molecule has 0 radical (unpaired) electrons. The molecule has 0 spiro atoms. The second-order valence-corrected chi connectivity index (χ2v) is 9.13. The van der Waals surface area contributed by atoms with Crippen molar-refractivity contribution in [2.24, 2.45) is 7.05 Å². The molecule has 210 valence electrons. The average Bonchev–Trinajstić information content (AvgIpc) is 3.25. The first-order valence-corrected chi connectivity index (χ1v) is 12.5. The molecule has 0 aliphatic carbocycles. The quantitative estimate of drug-likeness (QED) is 0.233. The number of amides is 1. The zero-order valence-corrected chi connectivity index (χ0v) is 22.3. The van der Waals surface area contributed by atoms with Gasteiger partial charge in [-0.05, 0) is 55.0 Å². The van der Waals surface area contributed by atoms with Crippen LogP contribution in [0.1, 0.15) is 16.1 Å². The molecule has 5 rings (SSSR count). The standard InChI is InChI=1S/C29H25F3N6O3/c1-17-8-10-34-15-22(17)21-12-18(4-7-26(21)40-16-29(30,31)32)36-28-37-23-13-19(5-6-25(23)38(28)3)41-20-9-11-35-24(14-20)27(39)33-2/h4-15H,16H2,1-3H3,(H,33,39)(H,36,37). The number of ether oxygens (including phenoxy) is 2. The van der Waals surface area contributed by atoms with Gasteiger partial charge in [-0.25, -0.2) is 4.98 Å². The van der Waals surface area contributed by atoms with Crippen LogP contribution in [0.4, 0.5) is 24.8 Å². The Kier molecular flexibility index (Phi) is 7.47. The van der Waals surface area contributed by atoms with Crippen LogP contribution in [0.5, 0.6) is 17.2 Å². The SMILES string of the molecule is CNC(=O)c1cc(Oc2ccc3c(c2)nc(Nc2ccc(OCC(F)(F)F)c(-c4cnccc4C)c2)n3C)ccn1. The summed E-state index contributed by atoms with van der Waals surface area (Å²) < 4.78 is 51.6. The number of anilines is 2. The minimum Gasteiger partial charge on any atom is -0.483 e. The Morgan fingerprint density at radius 1 is 1.00 bits per heavy atom. The normalized spacial score (nSPS) is 11.4. The number of rotatable bonds is 8. The molecule has 0 saturated heterocycles. The number of alkyl halides is 3. The molecule has 1 amide bonds. The Bertz CT molecular complexity index is 1740. The number of fused-ring (bicyclic) bond motifs is 1. The summed E-state index contributed by atoms with van der Waals surface area (Å²) >= 11 is 0. The second-order valence-electron chi connectivity index (χ2n) is 9.13. The lowest BCUT2D eigenvalue weighted by atomic mass is 10.0. The maximum atomic E-state index is 12.9. The van der Waals surface area contributed by atoms with E-state index in [1.54, 1.807) is 48.8 Å². The zero-order valence-electron chi connectivity index (χ0n) is 22.3. The van der Waals surface area contributed by atoms with Crippen LogP contribution in [0.15, 0.2) is 73.2 Å². The van der Waals surface area contributed by atoms with E-state index in [2.05, 4.69) is 25.6 Å². The average molecular weight is 563 g/mol. The molecule has 3 heterocycles.